The number of hydrogen-bond donors (Lipinski definition) is 2. The predicted octanol–water partition coefficient (Wildman–Crippen LogP) is -0.434. The van der Waals surface area contributed by atoms with Crippen LogP contribution in [0.15, 0.2) is 18.5 Å². The van der Waals surface area contributed by atoms with Crippen LogP contribution in [0.2, 0.25) is 0 Å². The molecule has 1 rings (SSSR count). The van der Waals surface area contributed by atoms with E-state index in [9.17, 15) is 0 Å². The van der Waals surface area contributed by atoms with E-state index < -0.39 is 0 Å². The smallest absolute Gasteiger partial charge is 0.0528 e. The van der Waals surface area contributed by atoms with Gasteiger partial charge in [0.15, 0.2) is 0 Å². The van der Waals surface area contributed by atoms with Crippen LogP contribution < -0.4 is 11.1 Å². The van der Waals surface area contributed by atoms with Crippen LogP contribution in [0.3, 0.4) is 0 Å². The minimum atomic E-state index is 0.152. The monoisotopic (exact) mass is 166 g/mol. The van der Waals surface area contributed by atoms with Gasteiger partial charge in [0.05, 0.1) is 6.20 Å². The molecule has 12 heavy (non-hydrogen) atoms. The quantitative estimate of drug-likeness (QED) is 0.637. The van der Waals surface area contributed by atoms with E-state index in [2.05, 4.69) is 15.5 Å². The fourth-order valence-corrected chi connectivity index (χ4v) is 1.08. The number of nitrogens with two attached hydrogens (primary N) is 1. The zero-order chi connectivity index (χ0) is 8.81. The van der Waals surface area contributed by atoms with Crippen LogP contribution in [0.5, 0.6) is 0 Å². The van der Waals surface area contributed by atoms with Crippen molar-refractivity contribution < 1.29 is 0 Å². The first kappa shape index (κ1) is 9.09. The van der Waals surface area contributed by atoms with Gasteiger partial charge in [-0.15, -0.1) is 0 Å². The molecule has 0 aliphatic rings. The van der Waals surface area contributed by atoms with E-state index in [1.54, 1.807) is 12.4 Å². The summed E-state index contributed by atoms with van der Waals surface area (Å²) in [7, 11) is 1.89. The second-order valence-corrected chi connectivity index (χ2v) is 2.77. The van der Waals surface area contributed by atoms with Crippen molar-refractivity contribution in [1.82, 2.24) is 15.5 Å². The highest BCUT2D eigenvalue weighted by atomic mass is 15.1. The molecule has 1 atom stereocenters. The molecule has 0 aromatic carbocycles. The van der Waals surface area contributed by atoms with Crippen LogP contribution >= 0.6 is 0 Å². The van der Waals surface area contributed by atoms with Crippen molar-refractivity contribution in [3.63, 3.8) is 0 Å². The van der Waals surface area contributed by atoms with Crippen molar-refractivity contribution in [3.8, 4) is 0 Å². The molecule has 3 N–H and O–H groups in total. The topological polar surface area (TPSA) is 63.8 Å². The minimum absolute atomic E-state index is 0.152. The lowest BCUT2D eigenvalue weighted by molar-refractivity contribution is 0.614. The maximum Gasteiger partial charge on any atom is 0.0528 e. The Kier molecular flexibility index (Phi) is 3.63. The van der Waals surface area contributed by atoms with Gasteiger partial charge in [-0.25, -0.2) is 0 Å². The van der Waals surface area contributed by atoms with Crippen LogP contribution in [0, 0.1) is 0 Å². The number of rotatable bonds is 4. The lowest BCUT2D eigenvalue weighted by Gasteiger charge is -2.09. The Morgan fingerprint density at radius 1 is 1.58 bits per heavy atom. The molecule has 0 aliphatic heterocycles. The van der Waals surface area contributed by atoms with Crippen LogP contribution in [0.4, 0.5) is 0 Å². The van der Waals surface area contributed by atoms with Gasteiger partial charge in [-0.1, -0.05) is 0 Å². The van der Waals surface area contributed by atoms with Crippen LogP contribution in [0.1, 0.15) is 5.56 Å². The number of likely N-dealkylation sites (N-methyl/N-ethyl adjacent to an activating group) is 1. The summed E-state index contributed by atoms with van der Waals surface area (Å²) >= 11 is 0. The van der Waals surface area contributed by atoms with E-state index in [1.165, 1.54) is 0 Å². The van der Waals surface area contributed by atoms with E-state index in [1.807, 2.05) is 13.1 Å². The van der Waals surface area contributed by atoms with Crippen LogP contribution in [0.25, 0.3) is 0 Å². The number of nitrogens with zero attached hydrogens (tertiary/aromatic N) is 2. The molecule has 0 saturated carbocycles. The van der Waals surface area contributed by atoms with Crippen molar-refractivity contribution in [2.24, 2.45) is 5.73 Å². The third kappa shape index (κ3) is 2.94. The van der Waals surface area contributed by atoms with E-state index in [-0.39, 0.29) is 6.04 Å². The first-order chi connectivity index (χ1) is 5.83. The maximum atomic E-state index is 5.81. The van der Waals surface area contributed by atoms with Gasteiger partial charge in [0.25, 0.3) is 0 Å². The Balaban J connectivity index is 2.41. The highest BCUT2D eigenvalue weighted by molar-refractivity contribution is 5.07. The standard InChI is InChI=1S/C8H14N4/c1-10-6-8(9)4-7-2-3-11-12-5-7/h2-3,5,8,10H,4,6,9H2,1H3. The first-order valence-electron chi connectivity index (χ1n) is 3.98. The first-order valence-corrected chi connectivity index (χ1v) is 3.98. The SMILES string of the molecule is CNCC(N)Cc1ccnnc1. The number of hydrogen-bond acceptors (Lipinski definition) is 4. The summed E-state index contributed by atoms with van der Waals surface area (Å²) in [4.78, 5) is 0. The Bertz CT molecular complexity index is 212. The largest absolute Gasteiger partial charge is 0.326 e. The minimum Gasteiger partial charge on any atom is -0.326 e. The molecule has 0 amide bonds. The molecule has 0 aliphatic carbocycles. The van der Waals surface area contributed by atoms with E-state index in [0.29, 0.717) is 0 Å². The Hall–Kier alpha value is -1.00. The highest BCUT2D eigenvalue weighted by Crippen LogP contribution is 1.97. The summed E-state index contributed by atoms with van der Waals surface area (Å²) in [5.74, 6) is 0. The van der Waals surface area contributed by atoms with Gasteiger partial charge < -0.3 is 11.1 Å². The highest BCUT2D eigenvalue weighted by Gasteiger charge is 2.01. The summed E-state index contributed by atoms with van der Waals surface area (Å²) in [6, 6.07) is 2.09. The molecule has 1 aromatic rings. The van der Waals surface area contributed by atoms with Gasteiger partial charge in [0.1, 0.15) is 0 Å². The Morgan fingerprint density at radius 3 is 3.00 bits per heavy atom. The van der Waals surface area contributed by atoms with Crippen LogP contribution in [-0.2, 0) is 6.42 Å². The van der Waals surface area contributed by atoms with Crippen molar-refractivity contribution >= 4 is 0 Å². The van der Waals surface area contributed by atoms with Gasteiger partial charge >= 0.3 is 0 Å². The normalized spacial score (nSPS) is 12.8. The van der Waals surface area contributed by atoms with E-state index in [0.717, 1.165) is 18.5 Å². The average Bonchev–Trinajstić information content (AvgIpc) is 2.06. The molecule has 1 heterocycles. The zero-order valence-electron chi connectivity index (χ0n) is 7.20. The molecule has 4 nitrogen and oxygen atoms in total. The second-order valence-electron chi connectivity index (χ2n) is 2.77. The molecule has 0 bridgehead atoms. The molecule has 1 aromatic heterocycles. The number of nitrogens with one attached hydrogen (secondary N) is 1. The summed E-state index contributed by atoms with van der Waals surface area (Å²) in [6.45, 7) is 0.822. The number of aromatic nitrogens is 2. The van der Waals surface area contributed by atoms with E-state index in [4.69, 9.17) is 5.73 Å². The van der Waals surface area contributed by atoms with Gasteiger partial charge in [-0.05, 0) is 25.1 Å². The molecule has 0 saturated heterocycles. The fraction of sp³-hybridized carbons (Fsp3) is 0.500. The molecule has 1 unspecified atom stereocenters. The predicted molar refractivity (Wildman–Crippen MR) is 47.6 cm³/mol. The zero-order valence-corrected chi connectivity index (χ0v) is 7.20. The van der Waals surface area contributed by atoms with Crippen molar-refractivity contribution in [2.75, 3.05) is 13.6 Å². The summed E-state index contributed by atoms with van der Waals surface area (Å²) in [5, 5.41) is 10.5. The van der Waals surface area contributed by atoms with Crippen LogP contribution in [-0.4, -0.2) is 29.8 Å². The molecule has 0 fully saturated rings. The lowest BCUT2D eigenvalue weighted by atomic mass is 10.1. The van der Waals surface area contributed by atoms with Gasteiger partial charge in [0, 0.05) is 18.8 Å². The Morgan fingerprint density at radius 2 is 2.42 bits per heavy atom. The third-order valence-electron chi connectivity index (χ3n) is 1.61. The summed E-state index contributed by atoms with van der Waals surface area (Å²) in [5.41, 5.74) is 6.94. The van der Waals surface area contributed by atoms with Gasteiger partial charge in [-0.2, -0.15) is 10.2 Å². The maximum absolute atomic E-state index is 5.81. The Labute approximate surface area is 72.2 Å². The lowest BCUT2D eigenvalue weighted by Crippen LogP contribution is -2.33. The van der Waals surface area contributed by atoms with Crippen molar-refractivity contribution in [2.45, 2.75) is 12.5 Å². The second kappa shape index (κ2) is 4.79. The third-order valence-corrected chi connectivity index (χ3v) is 1.61. The molecule has 66 valence electrons. The molecule has 0 radical (unpaired) electrons. The fourth-order valence-electron chi connectivity index (χ4n) is 1.08. The van der Waals surface area contributed by atoms with Gasteiger partial charge in [-0.3, -0.25) is 0 Å². The molecular formula is C8H14N4. The molecular weight excluding hydrogens is 152 g/mol. The summed E-state index contributed by atoms with van der Waals surface area (Å²) in [6.07, 6.45) is 4.27. The van der Waals surface area contributed by atoms with E-state index >= 15 is 0 Å². The van der Waals surface area contributed by atoms with Crippen molar-refractivity contribution in [3.05, 3.63) is 24.0 Å². The molecule has 4 heteroatoms. The average molecular weight is 166 g/mol. The summed E-state index contributed by atoms with van der Waals surface area (Å²) < 4.78 is 0. The van der Waals surface area contributed by atoms with Crippen molar-refractivity contribution in [1.29, 1.82) is 0 Å². The van der Waals surface area contributed by atoms with Gasteiger partial charge in [0.2, 0.25) is 0 Å². The molecule has 0 spiro atoms.